The lowest BCUT2D eigenvalue weighted by Gasteiger charge is -2.33. The number of ether oxygens (including phenoxy) is 2. The van der Waals surface area contributed by atoms with Crippen molar-refractivity contribution in [2.45, 2.75) is 36.6 Å². The van der Waals surface area contributed by atoms with Crippen molar-refractivity contribution in [2.24, 2.45) is 5.73 Å². The fourth-order valence-corrected chi connectivity index (χ4v) is 4.90. The number of thioether (sulfide) groups is 1. The van der Waals surface area contributed by atoms with Crippen LogP contribution in [0.1, 0.15) is 36.0 Å². The number of methoxy groups -OCH3 is 2. The molecule has 3 rings (SSSR count). The van der Waals surface area contributed by atoms with Gasteiger partial charge in [0, 0.05) is 11.8 Å². The van der Waals surface area contributed by atoms with Gasteiger partial charge < -0.3 is 15.2 Å². The van der Waals surface area contributed by atoms with Gasteiger partial charge in [-0.05, 0) is 31.0 Å². The number of Topliss-reactive ketones (excluding diaryl/α,β-unsaturated/α-hetero) is 1. The molecule has 7 heteroatoms. The van der Waals surface area contributed by atoms with Crippen LogP contribution >= 0.6 is 11.8 Å². The van der Waals surface area contributed by atoms with Crippen molar-refractivity contribution in [1.82, 2.24) is 5.32 Å². The molecule has 1 atom stereocenters. The lowest BCUT2D eigenvalue weighted by molar-refractivity contribution is 0.0931. The third kappa shape index (κ3) is 3.15. The molecular formula is C19H23N3O3S. The number of rotatable bonds is 6. The number of nitriles is 1. The van der Waals surface area contributed by atoms with Crippen molar-refractivity contribution < 1.29 is 14.3 Å². The molecule has 0 amide bonds. The van der Waals surface area contributed by atoms with Gasteiger partial charge in [0.1, 0.15) is 11.5 Å². The largest absolute Gasteiger partial charge is 0.497 e. The Morgan fingerprint density at radius 3 is 2.65 bits per heavy atom. The molecule has 1 fully saturated rings. The van der Waals surface area contributed by atoms with E-state index >= 15 is 0 Å². The first-order valence-electron chi connectivity index (χ1n) is 8.63. The number of ketones is 1. The summed E-state index contributed by atoms with van der Waals surface area (Å²) in [4.78, 5) is 12.5. The fourth-order valence-electron chi connectivity index (χ4n) is 3.55. The van der Waals surface area contributed by atoms with Crippen molar-refractivity contribution in [2.75, 3.05) is 20.0 Å². The van der Waals surface area contributed by atoms with E-state index in [1.165, 1.54) is 18.9 Å². The fraction of sp³-hybridized carbons (Fsp3) is 0.474. The number of nitrogens with zero attached hydrogens (tertiary/aromatic N) is 1. The Hall–Kier alpha value is -2.17. The van der Waals surface area contributed by atoms with E-state index in [4.69, 9.17) is 15.2 Å². The Labute approximate surface area is 157 Å². The van der Waals surface area contributed by atoms with Gasteiger partial charge in [-0.1, -0.05) is 12.8 Å². The van der Waals surface area contributed by atoms with Crippen LogP contribution < -0.4 is 20.5 Å². The second-order valence-electron chi connectivity index (χ2n) is 6.49. The van der Waals surface area contributed by atoms with Gasteiger partial charge in [0.15, 0.2) is 4.87 Å². The maximum Gasteiger partial charge on any atom is 0.203 e. The lowest BCUT2D eigenvalue weighted by atomic mass is 9.96. The molecule has 1 aliphatic heterocycles. The van der Waals surface area contributed by atoms with E-state index in [9.17, 15) is 10.1 Å². The maximum absolute atomic E-state index is 13.6. The summed E-state index contributed by atoms with van der Waals surface area (Å²) in [5.41, 5.74) is 7.49. The highest BCUT2D eigenvalue weighted by Gasteiger charge is 2.49. The maximum atomic E-state index is 13.6. The number of hydrogen-bond donors (Lipinski definition) is 2. The normalized spacial score (nSPS) is 23.1. The molecule has 138 valence electrons. The van der Waals surface area contributed by atoms with Gasteiger partial charge in [0.25, 0.3) is 0 Å². The summed E-state index contributed by atoms with van der Waals surface area (Å²) in [7, 11) is 3.08. The summed E-state index contributed by atoms with van der Waals surface area (Å²) in [5, 5.41) is 12.9. The number of hydrogen-bond acceptors (Lipinski definition) is 7. The first-order valence-corrected chi connectivity index (χ1v) is 9.62. The molecule has 1 aromatic carbocycles. The highest BCUT2D eigenvalue weighted by molar-refractivity contribution is 8.02. The van der Waals surface area contributed by atoms with E-state index in [2.05, 4.69) is 11.4 Å². The zero-order chi connectivity index (χ0) is 18.7. The van der Waals surface area contributed by atoms with Crippen LogP contribution in [0.25, 0.3) is 0 Å². The minimum atomic E-state index is -1.14. The summed E-state index contributed by atoms with van der Waals surface area (Å²) in [6.07, 6.45) is 4.26. The SMILES string of the molecule is COc1ccc(OC)c(C(=O)C2(NC3CCCC3)SCC(C#N)=C2N)c1. The van der Waals surface area contributed by atoms with E-state index in [0.717, 1.165) is 25.7 Å². The van der Waals surface area contributed by atoms with Crippen molar-refractivity contribution >= 4 is 17.5 Å². The Balaban J connectivity index is 2.07. The van der Waals surface area contributed by atoms with Crippen molar-refractivity contribution in [1.29, 1.82) is 5.26 Å². The summed E-state index contributed by atoms with van der Waals surface area (Å²) in [6.45, 7) is 0. The Morgan fingerprint density at radius 1 is 1.35 bits per heavy atom. The standard InChI is InChI=1S/C19H23N3O3S/c1-24-14-7-8-16(25-2)15(9-14)18(23)19(22-13-5-3-4-6-13)17(21)12(10-20)11-26-19/h7-9,13,22H,3-6,11,21H2,1-2H3. The molecule has 2 aliphatic rings. The zero-order valence-electron chi connectivity index (χ0n) is 15.0. The molecule has 6 nitrogen and oxygen atoms in total. The number of carbonyl (C=O) groups excluding carboxylic acids is 1. The Kier molecular flexibility index (Phi) is 5.44. The molecule has 1 saturated carbocycles. The summed E-state index contributed by atoms with van der Waals surface area (Å²) >= 11 is 1.37. The Bertz CT molecular complexity index is 781. The van der Waals surface area contributed by atoms with Gasteiger partial charge in [0.2, 0.25) is 5.78 Å². The summed E-state index contributed by atoms with van der Waals surface area (Å²) in [6, 6.07) is 7.46. The minimum Gasteiger partial charge on any atom is -0.497 e. The highest BCUT2D eigenvalue weighted by atomic mass is 32.2. The molecule has 1 heterocycles. The third-order valence-electron chi connectivity index (χ3n) is 5.01. The molecule has 26 heavy (non-hydrogen) atoms. The summed E-state index contributed by atoms with van der Waals surface area (Å²) < 4.78 is 10.7. The molecule has 0 saturated heterocycles. The molecule has 0 radical (unpaired) electrons. The van der Waals surface area contributed by atoms with Crippen LogP contribution in [0.5, 0.6) is 11.5 Å². The van der Waals surface area contributed by atoms with E-state index in [1.54, 1.807) is 25.3 Å². The van der Waals surface area contributed by atoms with E-state index in [0.29, 0.717) is 34.1 Å². The van der Waals surface area contributed by atoms with Gasteiger partial charge in [-0.15, -0.1) is 11.8 Å². The Morgan fingerprint density at radius 2 is 2.08 bits per heavy atom. The highest BCUT2D eigenvalue weighted by Crippen LogP contribution is 2.43. The number of benzene rings is 1. The minimum absolute atomic E-state index is 0.201. The lowest BCUT2D eigenvalue weighted by Crippen LogP contribution is -2.55. The predicted octanol–water partition coefficient (Wildman–Crippen LogP) is 2.60. The molecule has 1 aromatic rings. The number of nitrogens with one attached hydrogen (secondary N) is 1. The molecule has 1 unspecified atom stereocenters. The van der Waals surface area contributed by atoms with E-state index < -0.39 is 4.87 Å². The molecular weight excluding hydrogens is 350 g/mol. The van der Waals surface area contributed by atoms with Crippen molar-refractivity contribution in [3.05, 3.63) is 35.0 Å². The topological polar surface area (TPSA) is 97.4 Å². The van der Waals surface area contributed by atoms with Crippen LogP contribution in [0.2, 0.25) is 0 Å². The number of nitrogens with two attached hydrogens (primary N) is 1. The second kappa shape index (κ2) is 7.60. The molecule has 0 aromatic heterocycles. The van der Waals surface area contributed by atoms with Crippen LogP contribution in [0.4, 0.5) is 0 Å². The first-order chi connectivity index (χ1) is 12.6. The van der Waals surface area contributed by atoms with Gasteiger partial charge in [-0.2, -0.15) is 5.26 Å². The molecule has 1 aliphatic carbocycles. The average molecular weight is 373 g/mol. The predicted molar refractivity (Wildman–Crippen MR) is 101 cm³/mol. The summed E-state index contributed by atoms with van der Waals surface area (Å²) in [5.74, 6) is 1.24. The molecule has 0 spiro atoms. The van der Waals surface area contributed by atoms with Gasteiger partial charge in [-0.3, -0.25) is 10.1 Å². The first kappa shape index (κ1) is 18.6. The smallest absolute Gasteiger partial charge is 0.203 e. The number of carbonyl (C=O) groups is 1. The van der Waals surface area contributed by atoms with Crippen LogP contribution in [0.15, 0.2) is 29.5 Å². The van der Waals surface area contributed by atoms with Crippen LogP contribution in [0.3, 0.4) is 0 Å². The van der Waals surface area contributed by atoms with E-state index in [1.807, 2.05) is 0 Å². The molecule has 0 bridgehead atoms. The third-order valence-corrected chi connectivity index (χ3v) is 6.40. The van der Waals surface area contributed by atoms with Crippen LogP contribution in [-0.2, 0) is 0 Å². The van der Waals surface area contributed by atoms with Gasteiger partial charge in [0.05, 0.1) is 37.1 Å². The monoisotopic (exact) mass is 373 g/mol. The quantitative estimate of drug-likeness (QED) is 0.740. The van der Waals surface area contributed by atoms with Crippen molar-refractivity contribution in [3.8, 4) is 17.6 Å². The van der Waals surface area contributed by atoms with Gasteiger partial charge in [-0.25, -0.2) is 0 Å². The second-order valence-corrected chi connectivity index (χ2v) is 7.68. The van der Waals surface area contributed by atoms with E-state index in [-0.39, 0.29) is 11.8 Å². The van der Waals surface area contributed by atoms with Crippen LogP contribution in [-0.4, -0.2) is 36.7 Å². The zero-order valence-corrected chi connectivity index (χ0v) is 15.8. The van der Waals surface area contributed by atoms with Crippen molar-refractivity contribution in [3.63, 3.8) is 0 Å². The molecule has 3 N–H and O–H groups in total. The van der Waals surface area contributed by atoms with Gasteiger partial charge >= 0.3 is 0 Å². The van der Waals surface area contributed by atoms with Crippen LogP contribution in [0, 0.1) is 11.3 Å². The average Bonchev–Trinajstić information content (AvgIpc) is 3.29.